The molecule has 2 aromatic rings. The highest BCUT2D eigenvalue weighted by Crippen LogP contribution is 2.40. The molecule has 0 heterocycles. The van der Waals surface area contributed by atoms with E-state index in [1.54, 1.807) is 12.1 Å². The number of allylic oxidation sites excluding steroid dienone is 1. The van der Waals surface area contributed by atoms with Crippen LogP contribution >= 0.6 is 11.6 Å². The zero-order chi connectivity index (χ0) is 25.8. The molecule has 1 aliphatic rings. The number of hydrogen-bond donors (Lipinski definition) is 0. The summed E-state index contributed by atoms with van der Waals surface area (Å²) in [7, 11) is 0. The maximum atomic E-state index is 14.5. The summed E-state index contributed by atoms with van der Waals surface area (Å²) >= 11 is 5.88. The SMILES string of the molecule is CCCc1ccc(C2CCC(/C=C/c3ccc(OC(F)(F)C(F)C(F)(F)F)c(Cl)c3)CC2)c(F)c1. The van der Waals surface area contributed by atoms with E-state index in [1.807, 2.05) is 18.2 Å². The summed E-state index contributed by atoms with van der Waals surface area (Å²) in [5.41, 5.74) is 2.26. The predicted octanol–water partition coefficient (Wildman–Crippen LogP) is 9.29. The third-order valence-corrected chi connectivity index (χ3v) is 6.46. The van der Waals surface area contributed by atoms with Gasteiger partial charge in [0.1, 0.15) is 11.6 Å². The number of ether oxygens (including phenoxy) is 1. The lowest BCUT2D eigenvalue weighted by Gasteiger charge is -2.27. The van der Waals surface area contributed by atoms with Crippen molar-refractivity contribution < 1.29 is 35.5 Å². The van der Waals surface area contributed by atoms with Crippen LogP contribution in [0, 0.1) is 11.7 Å². The van der Waals surface area contributed by atoms with Crippen molar-refractivity contribution in [3.8, 4) is 5.75 Å². The number of hydrogen-bond acceptors (Lipinski definition) is 1. The van der Waals surface area contributed by atoms with Gasteiger partial charge >= 0.3 is 12.3 Å². The molecule has 0 N–H and O–H groups in total. The minimum atomic E-state index is -5.78. The number of rotatable bonds is 8. The second-order valence-electron chi connectivity index (χ2n) is 8.83. The third kappa shape index (κ3) is 7.15. The molecular formula is C26H26ClF7O. The predicted molar refractivity (Wildman–Crippen MR) is 122 cm³/mol. The molecule has 9 heteroatoms. The zero-order valence-corrected chi connectivity index (χ0v) is 19.8. The summed E-state index contributed by atoms with van der Waals surface area (Å²) in [6.45, 7) is 2.05. The summed E-state index contributed by atoms with van der Waals surface area (Å²) in [5.74, 6) is -0.536. The van der Waals surface area contributed by atoms with Crippen molar-refractivity contribution in [3.05, 3.63) is 70.0 Å². The van der Waals surface area contributed by atoms with Crippen LogP contribution in [0.1, 0.15) is 61.6 Å². The van der Waals surface area contributed by atoms with E-state index in [0.29, 0.717) is 5.56 Å². The lowest BCUT2D eigenvalue weighted by atomic mass is 9.78. The minimum absolute atomic E-state index is 0.152. The van der Waals surface area contributed by atoms with Gasteiger partial charge in [-0.1, -0.05) is 55.3 Å². The molecule has 1 fully saturated rings. The maximum absolute atomic E-state index is 14.5. The van der Waals surface area contributed by atoms with Crippen LogP contribution in [0.25, 0.3) is 6.08 Å². The molecule has 0 radical (unpaired) electrons. The smallest absolute Gasteiger partial charge is 0.429 e. The number of halogens is 8. The van der Waals surface area contributed by atoms with E-state index in [4.69, 9.17) is 11.6 Å². The number of benzene rings is 2. The van der Waals surface area contributed by atoms with Crippen LogP contribution in [0.5, 0.6) is 5.75 Å². The highest BCUT2D eigenvalue weighted by atomic mass is 35.5. The van der Waals surface area contributed by atoms with Crippen LogP contribution in [-0.4, -0.2) is 18.5 Å². The van der Waals surface area contributed by atoms with Gasteiger partial charge in [0.2, 0.25) is 0 Å². The molecule has 3 rings (SSSR count). The standard InChI is InChI=1S/C26H26ClF7O/c1-2-3-17-8-12-20(22(28)15-17)19-10-6-16(7-11-19)4-5-18-9-13-23(21(27)14-18)35-26(33,34)24(29)25(30,31)32/h4-5,8-9,12-16,19,24H,2-3,6-7,10-11H2,1H3/b5-4+. The van der Waals surface area contributed by atoms with Crippen molar-refractivity contribution in [2.45, 2.75) is 69.8 Å². The molecule has 0 aromatic heterocycles. The second-order valence-corrected chi connectivity index (χ2v) is 9.24. The Morgan fingerprint density at radius 3 is 2.29 bits per heavy atom. The second kappa shape index (κ2) is 11.2. The molecule has 1 aliphatic carbocycles. The zero-order valence-electron chi connectivity index (χ0n) is 19.0. The summed E-state index contributed by atoms with van der Waals surface area (Å²) in [6, 6.07) is 9.06. The molecule has 192 valence electrons. The highest BCUT2D eigenvalue weighted by molar-refractivity contribution is 6.32. The molecule has 0 aliphatic heterocycles. The fourth-order valence-corrected chi connectivity index (χ4v) is 4.54. The first kappa shape index (κ1) is 27.4. The molecule has 35 heavy (non-hydrogen) atoms. The van der Waals surface area contributed by atoms with Crippen molar-refractivity contribution >= 4 is 17.7 Å². The van der Waals surface area contributed by atoms with Crippen molar-refractivity contribution in [3.63, 3.8) is 0 Å². The molecule has 2 aromatic carbocycles. The fourth-order valence-electron chi connectivity index (χ4n) is 4.31. The molecule has 0 spiro atoms. The van der Waals surface area contributed by atoms with E-state index in [1.165, 1.54) is 12.1 Å². The molecule has 1 nitrogen and oxygen atoms in total. The van der Waals surface area contributed by atoms with E-state index >= 15 is 0 Å². The lowest BCUT2D eigenvalue weighted by molar-refractivity contribution is -0.304. The normalized spacial score (nSPS) is 20.3. The molecule has 0 amide bonds. The number of alkyl halides is 6. The van der Waals surface area contributed by atoms with Crippen LogP contribution in [0.15, 0.2) is 42.5 Å². The Morgan fingerprint density at radius 1 is 1.03 bits per heavy atom. The molecule has 1 saturated carbocycles. The minimum Gasteiger partial charge on any atom is -0.429 e. The summed E-state index contributed by atoms with van der Waals surface area (Å²) in [6.07, 6.45) is -6.57. The van der Waals surface area contributed by atoms with E-state index in [9.17, 15) is 30.7 Å². The van der Waals surface area contributed by atoms with Crippen LogP contribution < -0.4 is 4.74 Å². The molecule has 0 saturated heterocycles. The summed E-state index contributed by atoms with van der Waals surface area (Å²) < 4.78 is 95.3. The molecular weight excluding hydrogens is 497 g/mol. The topological polar surface area (TPSA) is 9.23 Å². The van der Waals surface area contributed by atoms with E-state index in [2.05, 4.69) is 11.7 Å². The largest absolute Gasteiger partial charge is 0.439 e. The van der Waals surface area contributed by atoms with Gasteiger partial charge in [0.05, 0.1) is 5.02 Å². The van der Waals surface area contributed by atoms with Gasteiger partial charge < -0.3 is 4.74 Å². The Kier molecular flexibility index (Phi) is 8.78. The van der Waals surface area contributed by atoms with Crippen LogP contribution in [0.3, 0.4) is 0 Å². The maximum Gasteiger partial charge on any atom is 0.439 e. The quantitative estimate of drug-likeness (QED) is 0.314. The Labute approximate surface area is 204 Å². The third-order valence-electron chi connectivity index (χ3n) is 6.16. The van der Waals surface area contributed by atoms with Crippen LogP contribution in [0.4, 0.5) is 30.7 Å². The van der Waals surface area contributed by atoms with E-state index in [0.717, 1.165) is 55.7 Å². The van der Waals surface area contributed by atoms with Gasteiger partial charge in [0.25, 0.3) is 6.17 Å². The summed E-state index contributed by atoms with van der Waals surface area (Å²) in [5, 5.41) is -0.369. The van der Waals surface area contributed by atoms with Crippen molar-refractivity contribution in [1.82, 2.24) is 0 Å². The Balaban J connectivity index is 1.58. The first-order valence-corrected chi connectivity index (χ1v) is 11.8. The van der Waals surface area contributed by atoms with E-state index < -0.39 is 24.2 Å². The Hall–Kier alpha value is -2.22. The average Bonchev–Trinajstić information content (AvgIpc) is 2.79. The van der Waals surface area contributed by atoms with Gasteiger partial charge in [0, 0.05) is 0 Å². The Morgan fingerprint density at radius 2 is 1.71 bits per heavy atom. The molecule has 1 unspecified atom stereocenters. The van der Waals surface area contributed by atoms with Gasteiger partial charge in [-0.25, -0.2) is 8.78 Å². The lowest BCUT2D eigenvalue weighted by Crippen LogP contribution is -2.45. The number of aryl methyl sites for hydroxylation is 1. The average molecular weight is 523 g/mol. The van der Waals surface area contributed by atoms with Gasteiger partial charge in [-0.2, -0.15) is 22.0 Å². The summed E-state index contributed by atoms with van der Waals surface area (Å²) in [4.78, 5) is 0. The van der Waals surface area contributed by atoms with Gasteiger partial charge in [-0.05, 0) is 78.8 Å². The highest BCUT2D eigenvalue weighted by Gasteiger charge is 2.59. The molecule has 0 bridgehead atoms. The first-order valence-electron chi connectivity index (χ1n) is 11.4. The fraction of sp³-hybridized carbons (Fsp3) is 0.462. The Bertz CT molecular complexity index is 1030. The van der Waals surface area contributed by atoms with Gasteiger partial charge in [-0.15, -0.1) is 0 Å². The van der Waals surface area contributed by atoms with Crippen molar-refractivity contribution in [2.75, 3.05) is 0 Å². The van der Waals surface area contributed by atoms with Crippen molar-refractivity contribution in [1.29, 1.82) is 0 Å². The van der Waals surface area contributed by atoms with Crippen molar-refractivity contribution in [2.24, 2.45) is 5.92 Å². The van der Waals surface area contributed by atoms with Gasteiger partial charge in [0.15, 0.2) is 0 Å². The van der Waals surface area contributed by atoms with Crippen LogP contribution in [0.2, 0.25) is 5.02 Å². The monoisotopic (exact) mass is 522 g/mol. The van der Waals surface area contributed by atoms with E-state index in [-0.39, 0.29) is 22.7 Å². The first-order chi connectivity index (χ1) is 16.4. The van der Waals surface area contributed by atoms with Gasteiger partial charge in [-0.3, -0.25) is 0 Å². The molecule has 1 atom stereocenters. The van der Waals surface area contributed by atoms with Crippen LogP contribution in [-0.2, 0) is 6.42 Å².